The number of thioether (sulfide) groups is 1. The Morgan fingerprint density at radius 2 is 1.93 bits per heavy atom. The third-order valence-corrected chi connectivity index (χ3v) is 7.77. The first-order valence-corrected chi connectivity index (χ1v) is 11.5. The monoisotopic (exact) mass is 418 g/mol. The van der Waals surface area contributed by atoms with E-state index >= 15 is 0 Å². The van der Waals surface area contributed by atoms with Crippen molar-refractivity contribution >= 4 is 44.8 Å². The van der Waals surface area contributed by atoms with E-state index in [1.54, 1.807) is 18.2 Å². The van der Waals surface area contributed by atoms with Crippen LogP contribution in [0.4, 0.5) is 11.4 Å². The number of amides is 2. The number of hydrogen-bond acceptors (Lipinski definition) is 5. The summed E-state index contributed by atoms with van der Waals surface area (Å²) in [5, 5.41) is 4.53. The molecule has 0 aromatic heterocycles. The van der Waals surface area contributed by atoms with Gasteiger partial charge in [-0.3, -0.25) is 9.59 Å². The molecule has 1 atom stereocenters. The Balaban J connectivity index is 1.70. The van der Waals surface area contributed by atoms with E-state index in [0.717, 1.165) is 16.9 Å². The summed E-state index contributed by atoms with van der Waals surface area (Å²) in [6.07, 6.45) is 0.749. The fourth-order valence-corrected chi connectivity index (χ4v) is 5.04. The summed E-state index contributed by atoms with van der Waals surface area (Å²) in [7, 11) is -3.71. The Labute approximate surface area is 169 Å². The quantitative estimate of drug-likeness (QED) is 0.749. The van der Waals surface area contributed by atoms with Gasteiger partial charge in [0.1, 0.15) is 0 Å². The van der Waals surface area contributed by atoms with Gasteiger partial charge in [-0.15, -0.1) is 11.8 Å². The van der Waals surface area contributed by atoms with Gasteiger partial charge in [-0.2, -0.15) is 0 Å². The molecular formula is C20H22N2O4S2. The van der Waals surface area contributed by atoms with E-state index in [9.17, 15) is 18.0 Å². The first-order valence-electron chi connectivity index (χ1n) is 8.99. The molecule has 1 heterocycles. The Bertz CT molecular complexity index is 1000. The normalized spacial score (nSPS) is 14.7. The molecule has 1 aliphatic rings. The Hall–Kier alpha value is -2.32. The van der Waals surface area contributed by atoms with Crippen LogP contribution in [0.3, 0.4) is 0 Å². The number of rotatable bonds is 6. The van der Waals surface area contributed by atoms with Crippen molar-refractivity contribution in [3.63, 3.8) is 0 Å². The van der Waals surface area contributed by atoms with Crippen LogP contribution in [0.2, 0.25) is 0 Å². The number of nitrogens with one attached hydrogen (secondary N) is 2. The van der Waals surface area contributed by atoms with Gasteiger partial charge >= 0.3 is 0 Å². The van der Waals surface area contributed by atoms with Crippen LogP contribution in [0, 0.1) is 0 Å². The average molecular weight is 419 g/mol. The number of anilines is 2. The first-order chi connectivity index (χ1) is 13.3. The van der Waals surface area contributed by atoms with Crippen LogP contribution >= 0.6 is 11.8 Å². The molecule has 148 valence electrons. The highest BCUT2D eigenvalue weighted by atomic mass is 32.2. The topological polar surface area (TPSA) is 92.3 Å². The number of benzene rings is 2. The standard InChI is InChI=1S/C20H22N2O4S2/c1-3-14-4-6-15(7-5-14)21-19(23)10-13(2)28(25,26)16-8-9-18-17(11-16)22-20(24)12-27-18/h4-9,11,13H,3,10,12H2,1-2H3,(H,21,23)(H,22,24)/t13-/m0/s1. The SMILES string of the molecule is CCc1ccc(NC(=O)C[C@H](C)S(=O)(=O)c2ccc3c(c2)NC(=O)CS3)cc1. The van der Waals surface area contributed by atoms with Crippen molar-refractivity contribution in [2.45, 2.75) is 41.7 Å². The van der Waals surface area contributed by atoms with Crippen molar-refractivity contribution in [1.29, 1.82) is 0 Å². The molecule has 2 N–H and O–H groups in total. The zero-order valence-corrected chi connectivity index (χ0v) is 17.3. The largest absolute Gasteiger partial charge is 0.326 e. The zero-order chi connectivity index (χ0) is 20.3. The van der Waals surface area contributed by atoms with Crippen LogP contribution in [0.5, 0.6) is 0 Å². The molecule has 2 amide bonds. The second-order valence-corrected chi connectivity index (χ2v) is 10.0. The summed E-state index contributed by atoms with van der Waals surface area (Å²) >= 11 is 1.37. The molecule has 6 nitrogen and oxygen atoms in total. The van der Waals surface area contributed by atoms with Gasteiger partial charge in [-0.1, -0.05) is 19.1 Å². The summed E-state index contributed by atoms with van der Waals surface area (Å²) in [6, 6.07) is 12.1. The lowest BCUT2D eigenvalue weighted by Gasteiger charge is -2.18. The predicted molar refractivity (Wildman–Crippen MR) is 112 cm³/mol. The average Bonchev–Trinajstić information content (AvgIpc) is 2.67. The van der Waals surface area contributed by atoms with Gasteiger partial charge in [0.25, 0.3) is 0 Å². The summed E-state index contributed by atoms with van der Waals surface area (Å²) in [4.78, 5) is 24.8. The van der Waals surface area contributed by atoms with Gasteiger partial charge in [-0.05, 0) is 49.2 Å². The fourth-order valence-electron chi connectivity index (χ4n) is 2.88. The van der Waals surface area contributed by atoms with Gasteiger partial charge in [0.05, 0.1) is 21.6 Å². The highest BCUT2D eigenvalue weighted by Gasteiger charge is 2.27. The molecular weight excluding hydrogens is 396 g/mol. The molecule has 0 spiro atoms. The molecule has 28 heavy (non-hydrogen) atoms. The van der Waals surface area contributed by atoms with E-state index in [4.69, 9.17) is 0 Å². The molecule has 0 bridgehead atoms. The highest BCUT2D eigenvalue weighted by molar-refractivity contribution is 8.00. The van der Waals surface area contributed by atoms with Gasteiger partial charge in [0.15, 0.2) is 9.84 Å². The summed E-state index contributed by atoms with van der Waals surface area (Å²) < 4.78 is 25.7. The van der Waals surface area contributed by atoms with Crippen LogP contribution in [-0.4, -0.2) is 31.2 Å². The minimum atomic E-state index is -3.71. The lowest BCUT2D eigenvalue weighted by Crippen LogP contribution is -2.25. The molecule has 0 saturated carbocycles. The third-order valence-electron chi connectivity index (χ3n) is 4.56. The fraction of sp³-hybridized carbons (Fsp3) is 0.300. The minimum Gasteiger partial charge on any atom is -0.326 e. The zero-order valence-electron chi connectivity index (χ0n) is 15.7. The Morgan fingerprint density at radius 1 is 1.21 bits per heavy atom. The smallest absolute Gasteiger partial charge is 0.234 e. The van der Waals surface area contributed by atoms with E-state index in [2.05, 4.69) is 10.6 Å². The van der Waals surface area contributed by atoms with E-state index in [0.29, 0.717) is 17.1 Å². The number of fused-ring (bicyclic) bond motifs is 1. The molecule has 0 saturated heterocycles. The van der Waals surface area contributed by atoms with Crippen LogP contribution in [0.1, 0.15) is 25.8 Å². The maximum absolute atomic E-state index is 12.9. The third kappa shape index (κ3) is 4.56. The van der Waals surface area contributed by atoms with E-state index in [1.165, 1.54) is 30.8 Å². The first kappa shape index (κ1) is 20.4. The number of carbonyl (C=O) groups excluding carboxylic acids is 2. The second kappa shape index (κ2) is 8.36. The van der Waals surface area contributed by atoms with E-state index < -0.39 is 15.1 Å². The number of hydrogen-bond donors (Lipinski definition) is 2. The van der Waals surface area contributed by atoms with Crippen LogP contribution in [0.15, 0.2) is 52.3 Å². The minimum absolute atomic E-state index is 0.0987. The highest BCUT2D eigenvalue weighted by Crippen LogP contribution is 2.34. The summed E-state index contributed by atoms with van der Waals surface area (Å²) in [5.74, 6) is -0.203. The van der Waals surface area contributed by atoms with Crippen molar-refractivity contribution in [3.8, 4) is 0 Å². The number of sulfone groups is 1. The van der Waals surface area contributed by atoms with Crippen molar-refractivity contribution in [1.82, 2.24) is 0 Å². The lowest BCUT2D eigenvalue weighted by molar-refractivity contribution is -0.116. The second-order valence-electron chi connectivity index (χ2n) is 6.65. The van der Waals surface area contributed by atoms with E-state index in [1.807, 2.05) is 19.1 Å². The van der Waals surface area contributed by atoms with Crippen molar-refractivity contribution in [3.05, 3.63) is 48.0 Å². The van der Waals surface area contributed by atoms with E-state index in [-0.39, 0.29) is 23.1 Å². The van der Waals surface area contributed by atoms with Crippen molar-refractivity contribution in [2.24, 2.45) is 0 Å². The van der Waals surface area contributed by atoms with Crippen molar-refractivity contribution in [2.75, 3.05) is 16.4 Å². The van der Waals surface area contributed by atoms with Crippen LogP contribution in [-0.2, 0) is 25.8 Å². The maximum atomic E-state index is 12.9. The number of aryl methyl sites for hydroxylation is 1. The maximum Gasteiger partial charge on any atom is 0.234 e. The molecule has 2 aromatic rings. The molecule has 0 radical (unpaired) electrons. The summed E-state index contributed by atoms with van der Waals surface area (Å²) in [5.41, 5.74) is 2.29. The Morgan fingerprint density at radius 3 is 2.61 bits per heavy atom. The molecule has 0 fully saturated rings. The van der Waals surface area contributed by atoms with Crippen LogP contribution in [0.25, 0.3) is 0 Å². The molecule has 0 unspecified atom stereocenters. The van der Waals surface area contributed by atoms with Gasteiger partial charge in [-0.25, -0.2) is 8.42 Å². The molecule has 0 aliphatic carbocycles. The van der Waals surface area contributed by atoms with Gasteiger partial charge in [0, 0.05) is 17.0 Å². The molecule has 2 aromatic carbocycles. The van der Waals surface area contributed by atoms with Crippen molar-refractivity contribution < 1.29 is 18.0 Å². The van der Waals surface area contributed by atoms with Gasteiger partial charge in [0.2, 0.25) is 11.8 Å². The molecule has 1 aliphatic heterocycles. The Kier molecular flexibility index (Phi) is 6.10. The number of carbonyl (C=O) groups is 2. The lowest BCUT2D eigenvalue weighted by atomic mass is 10.1. The predicted octanol–water partition coefficient (Wildman–Crippen LogP) is 3.48. The molecule has 8 heteroatoms. The van der Waals surface area contributed by atoms with Gasteiger partial charge < -0.3 is 10.6 Å². The van der Waals surface area contributed by atoms with Crippen LogP contribution < -0.4 is 10.6 Å². The molecule has 3 rings (SSSR count). The summed E-state index contributed by atoms with van der Waals surface area (Å²) in [6.45, 7) is 3.56.